The highest BCUT2D eigenvalue weighted by Crippen LogP contribution is 2.47. The lowest BCUT2D eigenvalue weighted by atomic mass is 9.69. The van der Waals surface area contributed by atoms with Crippen molar-refractivity contribution in [1.82, 2.24) is 0 Å². The molecule has 3 nitrogen and oxygen atoms in total. The topological polar surface area (TPSA) is 60.7 Å². The third-order valence-corrected chi connectivity index (χ3v) is 4.72. The average Bonchev–Trinajstić information content (AvgIpc) is 2.36. The van der Waals surface area contributed by atoms with Crippen molar-refractivity contribution in [2.24, 2.45) is 5.92 Å². The van der Waals surface area contributed by atoms with E-state index in [1.165, 1.54) is 5.57 Å². The Morgan fingerprint density at radius 3 is 2.27 bits per heavy atom. The molecule has 0 spiro atoms. The lowest BCUT2D eigenvalue weighted by molar-refractivity contribution is 0.00421. The SMILES string of the molecule is CCCc1cc(O)c(C2C=C(C)CCC2C(C)(C)O)c(O)c1. The number of hydrogen-bond donors (Lipinski definition) is 3. The predicted molar refractivity (Wildman–Crippen MR) is 89.3 cm³/mol. The summed E-state index contributed by atoms with van der Waals surface area (Å²) in [5.41, 5.74) is 1.87. The molecule has 0 aliphatic heterocycles. The molecule has 0 saturated heterocycles. The van der Waals surface area contributed by atoms with Crippen LogP contribution in [0.1, 0.15) is 64.0 Å². The Morgan fingerprint density at radius 1 is 1.18 bits per heavy atom. The third kappa shape index (κ3) is 3.46. The molecule has 3 heteroatoms. The second kappa shape index (κ2) is 6.33. The molecule has 2 atom stereocenters. The summed E-state index contributed by atoms with van der Waals surface area (Å²) in [6, 6.07) is 3.50. The van der Waals surface area contributed by atoms with Gasteiger partial charge in [0.2, 0.25) is 0 Å². The second-order valence-electron chi connectivity index (χ2n) is 7.14. The van der Waals surface area contributed by atoms with Crippen molar-refractivity contribution in [1.29, 1.82) is 0 Å². The van der Waals surface area contributed by atoms with Gasteiger partial charge in [-0.2, -0.15) is 0 Å². The van der Waals surface area contributed by atoms with Gasteiger partial charge in [0.05, 0.1) is 5.60 Å². The number of aromatic hydroxyl groups is 2. The largest absolute Gasteiger partial charge is 0.507 e. The van der Waals surface area contributed by atoms with E-state index < -0.39 is 5.60 Å². The molecule has 2 unspecified atom stereocenters. The summed E-state index contributed by atoms with van der Waals surface area (Å²) >= 11 is 0. The molecular weight excluding hydrogens is 276 g/mol. The fourth-order valence-electron chi connectivity index (χ4n) is 3.60. The number of aryl methyl sites for hydroxylation is 1. The zero-order valence-corrected chi connectivity index (χ0v) is 14.1. The van der Waals surface area contributed by atoms with Gasteiger partial charge < -0.3 is 15.3 Å². The minimum Gasteiger partial charge on any atom is -0.507 e. The fraction of sp³-hybridized carbons (Fsp3) is 0.579. The minimum absolute atomic E-state index is 0.0231. The van der Waals surface area contributed by atoms with Gasteiger partial charge in [-0.1, -0.05) is 25.0 Å². The highest BCUT2D eigenvalue weighted by molar-refractivity contribution is 5.51. The fourth-order valence-corrected chi connectivity index (χ4v) is 3.60. The minimum atomic E-state index is -0.858. The van der Waals surface area contributed by atoms with Crippen LogP contribution in [0.5, 0.6) is 11.5 Å². The maximum Gasteiger partial charge on any atom is 0.123 e. The summed E-state index contributed by atoms with van der Waals surface area (Å²) < 4.78 is 0. The summed E-state index contributed by atoms with van der Waals surface area (Å²) in [5, 5.41) is 31.4. The first-order valence-corrected chi connectivity index (χ1v) is 8.18. The van der Waals surface area contributed by atoms with E-state index in [0.717, 1.165) is 31.2 Å². The van der Waals surface area contributed by atoms with Crippen LogP contribution < -0.4 is 0 Å². The van der Waals surface area contributed by atoms with Crippen LogP contribution in [0, 0.1) is 5.92 Å². The van der Waals surface area contributed by atoms with Crippen molar-refractivity contribution < 1.29 is 15.3 Å². The number of phenolic OH excluding ortho intramolecular Hbond substituents is 2. The van der Waals surface area contributed by atoms with Gasteiger partial charge in [-0.05, 0) is 63.6 Å². The maximum atomic E-state index is 10.5. The van der Waals surface area contributed by atoms with Crippen LogP contribution in [0.3, 0.4) is 0 Å². The van der Waals surface area contributed by atoms with Gasteiger partial charge in [-0.3, -0.25) is 0 Å². The van der Waals surface area contributed by atoms with Crippen LogP contribution in [-0.4, -0.2) is 20.9 Å². The van der Waals surface area contributed by atoms with Gasteiger partial charge in [0, 0.05) is 11.5 Å². The molecule has 0 heterocycles. The van der Waals surface area contributed by atoms with E-state index in [-0.39, 0.29) is 23.3 Å². The molecule has 2 rings (SSSR count). The van der Waals surface area contributed by atoms with Gasteiger partial charge in [-0.15, -0.1) is 0 Å². The third-order valence-electron chi connectivity index (χ3n) is 4.72. The Labute approximate surface area is 133 Å². The quantitative estimate of drug-likeness (QED) is 0.728. The summed E-state index contributed by atoms with van der Waals surface area (Å²) in [5.74, 6) is 0.0803. The zero-order valence-electron chi connectivity index (χ0n) is 14.1. The van der Waals surface area contributed by atoms with Gasteiger partial charge in [-0.25, -0.2) is 0 Å². The van der Waals surface area contributed by atoms with E-state index in [1.54, 1.807) is 26.0 Å². The van der Waals surface area contributed by atoms with E-state index in [9.17, 15) is 15.3 Å². The highest BCUT2D eigenvalue weighted by atomic mass is 16.3. The van der Waals surface area contributed by atoms with Crippen molar-refractivity contribution in [3.05, 3.63) is 34.9 Å². The summed E-state index contributed by atoms with van der Waals surface area (Å²) in [6.45, 7) is 7.74. The number of benzene rings is 1. The van der Waals surface area contributed by atoms with Crippen LogP contribution in [0.15, 0.2) is 23.8 Å². The Hall–Kier alpha value is -1.48. The number of phenols is 2. The van der Waals surface area contributed by atoms with E-state index >= 15 is 0 Å². The molecule has 1 aliphatic rings. The average molecular weight is 304 g/mol. The number of allylic oxidation sites excluding steroid dienone is 2. The number of aliphatic hydroxyl groups is 1. The van der Waals surface area contributed by atoms with E-state index in [2.05, 4.69) is 19.9 Å². The number of hydrogen-bond acceptors (Lipinski definition) is 3. The molecule has 0 amide bonds. The molecular formula is C19H28O3. The highest BCUT2D eigenvalue weighted by Gasteiger charge is 2.38. The molecule has 1 aromatic rings. The van der Waals surface area contributed by atoms with Crippen molar-refractivity contribution >= 4 is 0 Å². The molecule has 0 fully saturated rings. The molecule has 1 aromatic carbocycles. The van der Waals surface area contributed by atoms with Crippen molar-refractivity contribution in [3.8, 4) is 11.5 Å². The molecule has 1 aliphatic carbocycles. The summed E-state index contributed by atoms with van der Waals surface area (Å²) in [7, 11) is 0. The van der Waals surface area contributed by atoms with Crippen LogP contribution in [0.25, 0.3) is 0 Å². The zero-order chi connectivity index (χ0) is 16.5. The maximum absolute atomic E-state index is 10.5. The van der Waals surface area contributed by atoms with Crippen LogP contribution >= 0.6 is 0 Å². The van der Waals surface area contributed by atoms with Crippen molar-refractivity contribution in [2.45, 2.75) is 64.9 Å². The summed E-state index contributed by atoms with van der Waals surface area (Å²) in [4.78, 5) is 0. The molecule has 122 valence electrons. The molecule has 22 heavy (non-hydrogen) atoms. The smallest absolute Gasteiger partial charge is 0.123 e. The van der Waals surface area contributed by atoms with Gasteiger partial charge >= 0.3 is 0 Å². The van der Waals surface area contributed by atoms with E-state index in [1.807, 2.05) is 0 Å². The van der Waals surface area contributed by atoms with Gasteiger partial charge in [0.1, 0.15) is 11.5 Å². The molecule has 0 radical (unpaired) electrons. The lowest BCUT2D eigenvalue weighted by Gasteiger charge is -2.38. The molecule has 0 saturated carbocycles. The molecule has 0 aromatic heterocycles. The van der Waals surface area contributed by atoms with Crippen molar-refractivity contribution in [3.63, 3.8) is 0 Å². The van der Waals surface area contributed by atoms with Crippen LogP contribution in [-0.2, 0) is 6.42 Å². The Bertz CT molecular complexity index is 544. The van der Waals surface area contributed by atoms with Crippen LogP contribution in [0.2, 0.25) is 0 Å². The predicted octanol–water partition coefficient (Wildman–Crippen LogP) is 4.26. The molecule has 0 bridgehead atoms. The first-order chi connectivity index (χ1) is 10.2. The lowest BCUT2D eigenvalue weighted by Crippen LogP contribution is -2.36. The monoisotopic (exact) mass is 304 g/mol. The number of rotatable bonds is 4. The summed E-state index contributed by atoms with van der Waals surface area (Å²) in [6.07, 6.45) is 5.68. The van der Waals surface area contributed by atoms with E-state index in [4.69, 9.17) is 0 Å². The first kappa shape index (κ1) is 16.9. The van der Waals surface area contributed by atoms with Crippen molar-refractivity contribution in [2.75, 3.05) is 0 Å². The molecule has 3 N–H and O–H groups in total. The Balaban J connectivity index is 2.49. The van der Waals surface area contributed by atoms with Gasteiger partial charge in [0.25, 0.3) is 0 Å². The second-order valence-corrected chi connectivity index (χ2v) is 7.14. The normalized spacial score (nSPS) is 22.5. The van der Waals surface area contributed by atoms with Crippen LogP contribution in [0.4, 0.5) is 0 Å². The Kier molecular flexibility index (Phi) is 4.86. The van der Waals surface area contributed by atoms with E-state index in [0.29, 0.717) is 5.56 Å². The first-order valence-electron chi connectivity index (χ1n) is 8.18. The standard InChI is InChI=1S/C19H28O3/c1-5-6-13-10-16(20)18(17(21)11-13)14-9-12(2)7-8-15(14)19(3,4)22/h9-11,14-15,20-22H,5-8H2,1-4H3. The van der Waals surface area contributed by atoms with Gasteiger partial charge in [0.15, 0.2) is 0 Å². The Morgan fingerprint density at radius 2 is 1.77 bits per heavy atom.